The Morgan fingerprint density at radius 2 is 2.42 bits per heavy atom. The van der Waals surface area contributed by atoms with E-state index in [0.717, 1.165) is 6.42 Å². The van der Waals surface area contributed by atoms with Gasteiger partial charge in [-0.25, -0.2) is 4.79 Å². The van der Waals surface area contributed by atoms with Crippen molar-refractivity contribution < 1.29 is 9.53 Å². The van der Waals surface area contributed by atoms with Crippen LogP contribution >= 0.6 is 0 Å². The number of allylic oxidation sites excluding steroid dienone is 2. The van der Waals surface area contributed by atoms with Crippen molar-refractivity contribution in [2.45, 2.75) is 12.5 Å². The molecule has 3 heteroatoms. The number of fused-ring (bicyclic) bond motifs is 1. The summed E-state index contributed by atoms with van der Waals surface area (Å²) in [5.74, 6) is 0.541. The number of carbonyl (C=O) groups is 1. The van der Waals surface area contributed by atoms with Crippen molar-refractivity contribution in [1.82, 2.24) is 4.90 Å². The molecule has 0 radical (unpaired) electrons. The molecule has 2 atom stereocenters. The summed E-state index contributed by atoms with van der Waals surface area (Å²) in [4.78, 5) is 12.8. The topological polar surface area (TPSA) is 29.5 Å². The lowest BCUT2D eigenvalue weighted by atomic mass is 10.3. The third-order valence-electron chi connectivity index (χ3n) is 2.26. The maximum absolute atomic E-state index is 11.2. The first kappa shape index (κ1) is 7.40. The van der Waals surface area contributed by atoms with Gasteiger partial charge in [-0.05, 0) is 12.5 Å². The molecule has 0 aromatic rings. The van der Waals surface area contributed by atoms with Gasteiger partial charge in [0.25, 0.3) is 0 Å². The Morgan fingerprint density at radius 1 is 1.58 bits per heavy atom. The van der Waals surface area contributed by atoms with Crippen LogP contribution in [0.25, 0.3) is 0 Å². The molecule has 1 saturated carbocycles. The molecule has 0 aromatic carbocycles. The van der Waals surface area contributed by atoms with E-state index in [2.05, 4.69) is 10.8 Å². The number of ether oxygens (including phenoxy) is 1. The number of nitrogens with zero attached hydrogens (tertiary/aromatic N) is 1. The van der Waals surface area contributed by atoms with Gasteiger partial charge in [0.2, 0.25) is 0 Å². The molecule has 12 heavy (non-hydrogen) atoms. The summed E-state index contributed by atoms with van der Waals surface area (Å²) in [6.07, 6.45) is 8.55. The smallest absolute Gasteiger partial charge is 0.413 e. The van der Waals surface area contributed by atoms with E-state index >= 15 is 0 Å². The van der Waals surface area contributed by atoms with E-state index in [1.807, 2.05) is 12.2 Å². The third-order valence-corrected chi connectivity index (χ3v) is 2.26. The highest BCUT2D eigenvalue weighted by molar-refractivity contribution is 5.70. The average molecular weight is 165 g/mol. The Labute approximate surface area is 71.3 Å². The number of carbonyl (C=O) groups excluding carboxylic acids is 1. The number of hydrogen-bond donors (Lipinski definition) is 0. The van der Waals surface area contributed by atoms with Crippen molar-refractivity contribution in [3.05, 3.63) is 24.4 Å². The molecule has 1 heterocycles. The first-order valence-electron chi connectivity index (χ1n) is 4.04. The van der Waals surface area contributed by atoms with Crippen molar-refractivity contribution >= 4 is 6.09 Å². The molecule has 0 bridgehead atoms. The van der Waals surface area contributed by atoms with Gasteiger partial charge < -0.3 is 4.74 Å². The van der Waals surface area contributed by atoms with Crippen LogP contribution in [-0.4, -0.2) is 24.1 Å². The van der Waals surface area contributed by atoms with Crippen molar-refractivity contribution in [2.75, 3.05) is 7.11 Å². The maximum Gasteiger partial charge on any atom is 0.413 e. The molecular weight excluding hydrogens is 154 g/mol. The summed E-state index contributed by atoms with van der Waals surface area (Å²) in [6, 6.07) is 0.340. The SMILES string of the molecule is COC(=O)N1C=CC=C[C@H]2C[C@@H]21. The summed E-state index contributed by atoms with van der Waals surface area (Å²) in [6.45, 7) is 0. The summed E-state index contributed by atoms with van der Waals surface area (Å²) in [5.41, 5.74) is 0. The summed E-state index contributed by atoms with van der Waals surface area (Å²) < 4.78 is 4.65. The fourth-order valence-corrected chi connectivity index (χ4v) is 1.49. The van der Waals surface area contributed by atoms with Crippen LogP contribution in [0.1, 0.15) is 6.42 Å². The highest BCUT2D eigenvalue weighted by atomic mass is 16.5. The Kier molecular flexibility index (Phi) is 1.64. The first-order chi connectivity index (χ1) is 5.83. The van der Waals surface area contributed by atoms with Gasteiger partial charge in [0, 0.05) is 18.2 Å². The molecule has 0 aromatic heterocycles. The lowest BCUT2D eigenvalue weighted by Gasteiger charge is -2.15. The van der Waals surface area contributed by atoms with Crippen LogP contribution in [0.5, 0.6) is 0 Å². The summed E-state index contributed by atoms with van der Waals surface area (Å²) in [5, 5.41) is 0. The van der Waals surface area contributed by atoms with E-state index in [9.17, 15) is 4.79 Å². The largest absolute Gasteiger partial charge is 0.452 e. The highest BCUT2D eigenvalue weighted by Gasteiger charge is 2.42. The fourth-order valence-electron chi connectivity index (χ4n) is 1.49. The number of rotatable bonds is 0. The minimum Gasteiger partial charge on any atom is -0.452 e. The van der Waals surface area contributed by atoms with Crippen molar-refractivity contribution in [3.63, 3.8) is 0 Å². The van der Waals surface area contributed by atoms with Crippen LogP contribution in [0.2, 0.25) is 0 Å². The zero-order chi connectivity index (χ0) is 8.55. The molecule has 64 valence electrons. The van der Waals surface area contributed by atoms with E-state index in [-0.39, 0.29) is 6.09 Å². The zero-order valence-corrected chi connectivity index (χ0v) is 6.93. The molecule has 0 saturated heterocycles. The Balaban J connectivity index is 2.11. The minimum absolute atomic E-state index is 0.262. The van der Waals surface area contributed by atoms with Gasteiger partial charge in [-0.1, -0.05) is 12.2 Å². The predicted molar refractivity (Wildman–Crippen MR) is 44.4 cm³/mol. The molecule has 0 unspecified atom stereocenters. The van der Waals surface area contributed by atoms with E-state index in [0.29, 0.717) is 12.0 Å². The first-order valence-corrected chi connectivity index (χ1v) is 4.04. The van der Waals surface area contributed by atoms with Crippen molar-refractivity contribution in [3.8, 4) is 0 Å². The quantitative estimate of drug-likeness (QED) is 0.544. The maximum atomic E-state index is 11.2. The van der Waals surface area contributed by atoms with Gasteiger partial charge in [0.15, 0.2) is 0 Å². The molecule has 0 N–H and O–H groups in total. The van der Waals surface area contributed by atoms with Crippen LogP contribution in [0.4, 0.5) is 4.79 Å². The van der Waals surface area contributed by atoms with E-state index < -0.39 is 0 Å². The Hall–Kier alpha value is -1.25. The minimum atomic E-state index is -0.262. The molecule has 2 rings (SSSR count). The lowest BCUT2D eigenvalue weighted by molar-refractivity contribution is 0.137. The van der Waals surface area contributed by atoms with Crippen molar-refractivity contribution in [1.29, 1.82) is 0 Å². The van der Waals surface area contributed by atoms with Crippen LogP contribution < -0.4 is 0 Å². The Morgan fingerprint density at radius 3 is 3.17 bits per heavy atom. The zero-order valence-electron chi connectivity index (χ0n) is 6.93. The van der Waals surface area contributed by atoms with Gasteiger partial charge in [-0.15, -0.1) is 0 Å². The van der Waals surface area contributed by atoms with Crippen LogP contribution in [0, 0.1) is 5.92 Å². The van der Waals surface area contributed by atoms with Gasteiger partial charge >= 0.3 is 6.09 Å². The molecule has 1 aliphatic heterocycles. The average Bonchev–Trinajstić information content (AvgIpc) is 2.80. The molecule has 2 aliphatic rings. The monoisotopic (exact) mass is 165 g/mol. The van der Waals surface area contributed by atoms with E-state index in [1.54, 1.807) is 11.1 Å². The van der Waals surface area contributed by atoms with Gasteiger partial charge in [0.05, 0.1) is 7.11 Å². The Bertz CT molecular complexity index is 257. The third kappa shape index (κ3) is 1.11. The molecule has 1 amide bonds. The number of hydrogen-bond acceptors (Lipinski definition) is 2. The normalized spacial score (nSPS) is 30.9. The van der Waals surface area contributed by atoms with E-state index in [1.165, 1.54) is 7.11 Å². The van der Waals surface area contributed by atoms with E-state index in [4.69, 9.17) is 0 Å². The fraction of sp³-hybridized carbons (Fsp3) is 0.444. The number of amides is 1. The van der Waals surface area contributed by atoms with Gasteiger partial charge in [-0.2, -0.15) is 0 Å². The summed E-state index contributed by atoms with van der Waals surface area (Å²) in [7, 11) is 1.41. The van der Waals surface area contributed by atoms with Gasteiger partial charge in [0.1, 0.15) is 0 Å². The molecule has 1 fully saturated rings. The second kappa shape index (κ2) is 2.66. The predicted octanol–water partition coefficient (Wildman–Crippen LogP) is 1.53. The van der Waals surface area contributed by atoms with Crippen LogP contribution in [0.3, 0.4) is 0 Å². The van der Waals surface area contributed by atoms with Crippen LogP contribution in [-0.2, 0) is 4.74 Å². The highest BCUT2D eigenvalue weighted by Crippen LogP contribution is 2.38. The van der Waals surface area contributed by atoms with Crippen molar-refractivity contribution in [2.24, 2.45) is 5.92 Å². The van der Waals surface area contributed by atoms with Gasteiger partial charge in [-0.3, -0.25) is 4.90 Å². The molecule has 0 spiro atoms. The molecule has 3 nitrogen and oxygen atoms in total. The number of methoxy groups -OCH3 is 1. The lowest BCUT2D eigenvalue weighted by Crippen LogP contribution is -2.28. The second-order valence-electron chi connectivity index (χ2n) is 3.07. The molecule has 1 aliphatic carbocycles. The second-order valence-corrected chi connectivity index (χ2v) is 3.07. The van der Waals surface area contributed by atoms with Crippen LogP contribution in [0.15, 0.2) is 24.4 Å². The molecular formula is C9H11NO2. The summed E-state index contributed by atoms with van der Waals surface area (Å²) >= 11 is 0. The standard InChI is InChI=1S/C9H11NO2/c1-12-9(11)10-5-3-2-4-7-6-8(7)10/h2-5,7-8H,6H2,1H3/t7-,8-/m0/s1.